The number of aromatic nitrogens is 2. The highest BCUT2D eigenvalue weighted by Crippen LogP contribution is 2.28. The molecule has 2 rings (SSSR count). The second-order valence-electron chi connectivity index (χ2n) is 2.91. The van der Waals surface area contributed by atoms with E-state index in [9.17, 15) is 0 Å². The van der Waals surface area contributed by atoms with Gasteiger partial charge in [0.05, 0.1) is 11.6 Å². The van der Waals surface area contributed by atoms with Crippen molar-refractivity contribution in [2.45, 2.75) is 10.1 Å². The average molecular weight is 312 g/mol. The lowest BCUT2D eigenvalue weighted by molar-refractivity contribution is 1.01. The highest BCUT2D eigenvalue weighted by Gasteiger charge is 2.04. The molecular weight excluding hydrogens is 306 g/mol. The van der Waals surface area contributed by atoms with Crippen molar-refractivity contribution >= 4 is 39.0 Å². The van der Waals surface area contributed by atoms with Crippen LogP contribution < -0.4 is 0 Å². The van der Waals surface area contributed by atoms with Crippen LogP contribution in [0.3, 0.4) is 0 Å². The summed E-state index contributed by atoms with van der Waals surface area (Å²) in [6.07, 6.45) is 0. The van der Waals surface area contributed by atoms with Crippen molar-refractivity contribution in [1.29, 1.82) is 5.26 Å². The van der Waals surface area contributed by atoms with Gasteiger partial charge in [0.25, 0.3) is 0 Å². The minimum absolute atomic E-state index is 0.677. The van der Waals surface area contributed by atoms with Gasteiger partial charge in [-0.05, 0) is 23.8 Å². The first kappa shape index (κ1) is 11.6. The first-order valence-corrected chi connectivity index (χ1v) is 7.03. The van der Waals surface area contributed by atoms with Crippen molar-refractivity contribution in [2.75, 3.05) is 0 Å². The SMILES string of the molecule is N#Cc1ccc(Br)c(CSc2nncs2)c1. The summed E-state index contributed by atoms with van der Waals surface area (Å²) in [5.74, 6) is 0.783. The molecule has 0 unspecified atom stereocenters. The summed E-state index contributed by atoms with van der Waals surface area (Å²) in [6, 6.07) is 7.71. The normalized spacial score (nSPS) is 10.0. The number of rotatable bonds is 3. The summed E-state index contributed by atoms with van der Waals surface area (Å²) < 4.78 is 1.96. The molecule has 0 bridgehead atoms. The molecule has 0 radical (unpaired) electrons. The molecule has 0 aliphatic heterocycles. The molecule has 0 N–H and O–H groups in total. The molecule has 2 aromatic rings. The van der Waals surface area contributed by atoms with Crippen LogP contribution in [0.2, 0.25) is 0 Å². The van der Waals surface area contributed by atoms with Crippen LogP contribution in [-0.2, 0) is 5.75 Å². The number of benzene rings is 1. The molecule has 0 fully saturated rings. The van der Waals surface area contributed by atoms with Gasteiger partial charge in [-0.2, -0.15) is 5.26 Å². The molecule has 1 aromatic carbocycles. The van der Waals surface area contributed by atoms with Gasteiger partial charge in [0, 0.05) is 10.2 Å². The lowest BCUT2D eigenvalue weighted by Gasteiger charge is -2.02. The largest absolute Gasteiger partial charge is 0.192 e. The van der Waals surface area contributed by atoms with Gasteiger partial charge in [0.1, 0.15) is 5.51 Å². The van der Waals surface area contributed by atoms with Crippen LogP contribution in [0.1, 0.15) is 11.1 Å². The maximum absolute atomic E-state index is 8.81. The van der Waals surface area contributed by atoms with Crippen molar-refractivity contribution in [3.8, 4) is 6.07 Å². The summed E-state index contributed by atoms with van der Waals surface area (Å²) in [5.41, 5.74) is 3.48. The summed E-state index contributed by atoms with van der Waals surface area (Å²) >= 11 is 6.61. The fourth-order valence-corrected chi connectivity index (χ4v) is 3.17. The minimum Gasteiger partial charge on any atom is -0.192 e. The molecule has 0 aliphatic carbocycles. The predicted molar refractivity (Wildman–Crippen MR) is 68.3 cm³/mol. The zero-order chi connectivity index (χ0) is 11.4. The smallest absolute Gasteiger partial charge is 0.174 e. The predicted octanol–water partition coefficient (Wildman–Crippen LogP) is 3.46. The Morgan fingerprint density at radius 1 is 1.50 bits per heavy atom. The van der Waals surface area contributed by atoms with Gasteiger partial charge in [-0.3, -0.25) is 0 Å². The van der Waals surface area contributed by atoms with Crippen LogP contribution in [0.5, 0.6) is 0 Å². The quantitative estimate of drug-likeness (QED) is 0.814. The van der Waals surface area contributed by atoms with E-state index in [0.717, 1.165) is 20.1 Å². The van der Waals surface area contributed by atoms with Gasteiger partial charge in [0.15, 0.2) is 4.34 Å². The maximum Gasteiger partial charge on any atom is 0.174 e. The Bertz CT molecular complexity index is 519. The van der Waals surface area contributed by atoms with Gasteiger partial charge < -0.3 is 0 Å². The molecule has 0 saturated carbocycles. The summed E-state index contributed by atoms with van der Waals surface area (Å²) in [4.78, 5) is 0. The second kappa shape index (κ2) is 5.43. The maximum atomic E-state index is 8.81. The number of nitriles is 1. The van der Waals surface area contributed by atoms with E-state index in [-0.39, 0.29) is 0 Å². The first-order chi connectivity index (χ1) is 7.79. The molecule has 1 heterocycles. The molecule has 0 amide bonds. The molecule has 6 heteroatoms. The van der Waals surface area contributed by atoms with Gasteiger partial charge >= 0.3 is 0 Å². The topological polar surface area (TPSA) is 49.6 Å². The van der Waals surface area contributed by atoms with E-state index >= 15 is 0 Å². The number of halogens is 1. The molecule has 0 saturated heterocycles. The van der Waals surface area contributed by atoms with Crippen LogP contribution in [0.4, 0.5) is 0 Å². The fraction of sp³-hybridized carbons (Fsp3) is 0.100. The second-order valence-corrected chi connectivity index (χ2v) is 5.82. The van der Waals surface area contributed by atoms with Gasteiger partial charge in [-0.1, -0.05) is 39.0 Å². The van der Waals surface area contributed by atoms with Crippen molar-refractivity contribution in [3.05, 3.63) is 39.3 Å². The Labute approximate surface area is 110 Å². The Morgan fingerprint density at radius 3 is 3.06 bits per heavy atom. The number of nitrogens with zero attached hydrogens (tertiary/aromatic N) is 3. The summed E-state index contributed by atoms with van der Waals surface area (Å²) in [6.45, 7) is 0. The van der Waals surface area contributed by atoms with Crippen LogP contribution in [0.15, 0.2) is 32.5 Å². The minimum atomic E-state index is 0.677. The number of hydrogen-bond acceptors (Lipinski definition) is 5. The molecule has 0 aliphatic rings. The van der Waals surface area contributed by atoms with Crippen molar-refractivity contribution in [3.63, 3.8) is 0 Å². The standard InChI is InChI=1S/C10H6BrN3S2/c11-9-2-1-7(4-12)3-8(9)5-15-10-14-13-6-16-10/h1-3,6H,5H2. The number of thioether (sulfide) groups is 1. The highest BCUT2D eigenvalue weighted by molar-refractivity contribution is 9.10. The highest BCUT2D eigenvalue weighted by atomic mass is 79.9. The zero-order valence-corrected chi connectivity index (χ0v) is 11.3. The fourth-order valence-electron chi connectivity index (χ4n) is 1.12. The first-order valence-electron chi connectivity index (χ1n) is 4.37. The molecular formula is C10H6BrN3S2. The van der Waals surface area contributed by atoms with Crippen LogP contribution >= 0.6 is 39.0 Å². The zero-order valence-electron chi connectivity index (χ0n) is 8.05. The van der Waals surface area contributed by atoms with Crippen LogP contribution in [0, 0.1) is 11.3 Å². The van der Waals surface area contributed by atoms with Gasteiger partial charge in [-0.15, -0.1) is 10.2 Å². The molecule has 1 aromatic heterocycles. The van der Waals surface area contributed by atoms with Crippen molar-refractivity contribution < 1.29 is 0 Å². The Morgan fingerprint density at radius 2 is 2.38 bits per heavy atom. The molecule has 16 heavy (non-hydrogen) atoms. The molecule has 0 spiro atoms. The number of hydrogen-bond donors (Lipinski definition) is 0. The Kier molecular flexibility index (Phi) is 3.93. The lowest BCUT2D eigenvalue weighted by atomic mass is 10.2. The van der Waals surface area contributed by atoms with E-state index in [1.807, 2.05) is 12.1 Å². The third-order valence-electron chi connectivity index (χ3n) is 1.87. The van der Waals surface area contributed by atoms with E-state index in [2.05, 4.69) is 32.2 Å². The van der Waals surface area contributed by atoms with E-state index in [1.165, 1.54) is 11.3 Å². The molecule has 0 atom stereocenters. The summed E-state index contributed by atoms with van der Waals surface area (Å²) in [7, 11) is 0. The lowest BCUT2D eigenvalue weighted by Crippen LogP contribution is -1.85. The van der Waals surface area contributed by atoms with E-state index in [0.29, 0.717) is 5.56 Å². The Balaban J connectivity index is 2.12. The third kappa shape index (κ3) is 2.82. The monoisotopic (exact) mass is 311 g/mol. The van der Waals surface area contributed by atoms with Crippen molar-refractivity contribution in [2.24, 2.45) is 0 Å². The van der Waals surface area contributed by atoms with E-state index < -0.39 is 0 Å². The molecule has 80 valence electrons. The average Bonchev–Trinajstić information content (AvgIpc) is 2.81. The van der Waals surface area contributed by atoms with Crippen LogP contribution in [0.25, 0.3) is 0 Å². The summed E-state index contributed by atoms with van der Waals surface area (Å²) in [5, 5.41) is 16.5. The van der Waals surface area contributed by atoms with Gasteiger partial charge in [0.2, 0.25) is 0 Å². The van der Waals surface area contributed by atoms with Crippen LogP contribution in [-0.4, -0.2) is 10.2 Å². The van der Waals surface area contributed by atoms with Gasteiger partial charge in [-0.25, -0.2) is 0 Å². The van der Waals surface area contributed by atoms with E-state index in [1.54, 1.807) is 23.3 Å². The third-order valence-corrected chi connectivity index (χ3v) is 4.55. The molecule has 3 nitrogen and oxygen atoms in total. The van der Waals surface area contributed by atoms with Crippen molar-refractivity contribution in [1.82, 2.24) is 10.2 Å². The Hall–Kier alpha value is -0.900. The van der Waals surface area contributed by atoms with E-state index in [4.69, 9.17) is 5.26 Å².